The lowest BCUT2D eigenvalue weighted by atomic mass is 10.3. The third kappa shape index (κ3) is 4.89. The lowest BCUT2D eigenvalue weighted by Crippen LogP contribution is -2.48. The second-order valence-electron chi connectivity index (χ2n) is 6.99. The summed E-state index contributed by atoms with van der Waals surface area (Å²) in [5.74, 6) is 0.187. The van der Waals surface area contributed by atoms with Gasteiger partial charge in [-0.25, -0.2) is 8.42 Å². The van der Waals surface area contributed by atoms with E-state index in [0.29, 0.717) is 37.7 Å². The quantitative estimate of drug-likeness (QED) is 0.751. The number of anilines is 2. The molecule has 1 N–H and O–H groups in total. The van der Waals surface area contributed by atoms with Crippen molar-refractivity contribution in [2.24, 2.45) is 0 Å². The molecule has 9 nitrogen and oxygen atoms in total. The SMILES string of the molecule is CCN1CCN(S(=O)(=O)c2cccc(NC(=O)c3ccc(N(C)C)nn3)c2)CC1. The lowest BCUT2D eigenvalue weighted by molar-refractivity contribution is 0.102. The monoisotopic (exact) mass is 418 g/mol. The van der Waals surface area contributed by atoms with Crippen molar-refractivity contribution in [1.29, 1.82) is 0 Å². The molecule has 1 aromatic heterocycles. The Morgan fingerprint density at radius 3 is 2.41 bits per heavy atom. The van der Waals surface area contributed by atoms with Gasteiger partial charge in [-0.3, -0.25) is 4.79 Å². The largest absolute Gasteiger partial charge is 0.361 e. The van der Waals surface area contributed by atoms with E-state index < -0.39 is 15.9 Å². The number of hydrogen-bond donors (Lipinski definition) is 1. The van der Waals surface area contributed by atoms with Gasteiger partial charge in [0.25, 0.3) is 5.91 Å². The van der Waals surface area contributed by atoms with Crippen LogP contribution in [0.4, 0.5) is 11.5 Å². The van der Waals surface area contributed by atoms with Crippen molar-refractivity contribution < 1.29 is 13.2 Å². The molecule has 1 aliphatic rings. The topological polar surface area (TPSA) is 98.7 Å². The van der Waals surface area contributed by atoms with Crippen LogP contribution in [0.25, 0.3) is 0 Å². The van der Waals surface area contributed by atoms with Crippen molar-refractivity contribution in [1.82, 2.24) is 19.4 Å². The molecule has 29 heavy (non-hydrogen) atoms. The van der Waals surface area contributed by atoms with Crippen molar-refractivity contribution in [3.05, 3.63) is 42.1 Å². The van der Waals surface area contributed by atoms with Gasteiger partial charge in [-0.15, -0.1) is 10.2 Å². The maximum atomic E-state index is 13.0. The molecule has 0 radical (unpaired) electrons. The normalized spacial score (nSPS) is 15.8. The molecule has 1 saturated heterocycles. The van der Waals surface area contributed by atoms with Gasteiger partial charge in [0.05, 0.1) is 4.90 Å². The van der Waals surface area contributed by atoms with Gasteiger partial charge >= 0.3 is 0 Å². The molecule has 10 heteroatoms. The Labute approximate surface area is 171 Å². The predicted molar refractivity (Wildman–Crippen MR) is 112 cm³/mol. The van der Waals surface area contributed by atoms with E-state index in [4.69, 9.17) is 0 Å². The van der Waals surface area contributed by atoms with Crippen LogP contribution in [0.5, 0.6) is 0 Å². The van der Waals surface area contributed by atoms with E-state index in [9.17, 15) is 13.2 Å². The van der Waals surface area contributed by atoms with Crippen molar-refractivity contribution in [2.45, 2.75) is 11.8 Å². The highest BCUT2D eigenvalue weighted by Crippen LogP contribution is 2.21. The highest BCUT2D eigenvalue weighted by molar-refractivity contribution is 7.89. The molecule has 0 unspecified atom stereocenters. The number of sulfonamides is 1. The Morgan fingerprint density at radius 2 is 1.83 bits per heavy atom. The Kier molecular flexibility index (Phi) is 6.46. The summed E-state index contributed by atoms with van der Waals surface area (Å²) in [5.41, 5.74) is 0.543. The van der Waals surface area contributed by atoms with Gasteiger partial charge in [0.1, 0.15) is 0 Å². The average molecular weight is 419 g/mol. The number of rotatable bonds is 6. The maximum absolute atomic E-state index is 13.0. The molecule has 1 amide bonds. The number of nitrogens with zero attached hydrogens (tertiary/aromatic N) is 5. The van der Waals surface area contributed by atoms with E-state index >= 15 is 0 Å². The predicted octanol–water partition coefficient (Wildman–Crippen LogP) is 1.12. The van der Waals surface area contributed by atoms with Crippen molar-refractivity contribution >= 4 is 27.4 Å². The molecule has 0 atom stereocenters. The third-order valence-corrected chi connectivity index (χ3v) is 6.74. The molecule has 2 aromatic rings. The van der Waals surface area contributed by atoms with E-state index in [-0.39, 0.29) is 10.6 Å². The van der Waals surface area contributed by atoms with E-state index in [0.717, 1.165) is 6.54 Å². The zero-order chi connectivity index (χ0) is 21.0. The molecule has 0 spiro atoms. The molecule has 156 valence electrons. The number of benzene rings is 1. The number of carbonyl (C=O) groups excluding carboxylic acids is 1. The number of nitrogens with one attached hydrogen (secondary N) is 1. The van der Waals surface area contributed by atoms with Crippen LogP contribution in [0.15, 0.2) is 41.3 Å². The molecule has 1 aromatic carbocycles. The van der Waals surface area contributed by atoms with Gasteiger partial charge < -0.3 is 15.1 Å². The summed E-state index contributed by atoms with van der Waals surface area (Å²) < 4.78 is 27.4. The highest BCUT2D eigenvalue weighted by atomic mass is 32.2. The van der Waals surface area contributed by atoms with Gasteiger partial charge in [0, 0.05) is 46.0 Å². The van der Waals surface area contributed by atoms with Crippen LogP contribution in [-0.4, -0.2) is 80.5 Å². The average Bonchev–Trinajstić information content (AvgIpc) is 2.74. The van der Waals surface area contributed by atoms with Crippen LogP contribution in [-0.2, 0) is 10.0 Å². The Balaban J connectivity index is 1.73. The summed E-state index contributed by atoms with van der Waals surface area (Å²) in [6.07, 6.45) is 0. The van der Waals surface area contributed by atoms with Crippen molar-refractivity contribution in [3.8, 4) is 0 Å². The number of piperazine rings is 1. The number of aromatic nitrogens is 2. The Morgan fingerprint density at radius 1 is 1.10 bits per heavy atom. The molecule has 0 bridgehead atoms. The van der Waals surface area contributed by atoms with Gasteiger partial charge in [-0.2, -0.15) is 4.31 Å². The number of hydrogen-bond acceptors (Lipinski definition) is 7. The molecular weight excluding hydrogens is 392 g/mol. The highest BCUT2D eigenvalue weighted by Gasteiger charge is 2.28. The molecular formula is C19H26N6O3S. The first-order valence-corrected chi connectivity index (χ1v) is 10.9. The molecule has 3 rings (SSSR count). The van der Waals surface area contributed by atoms with Gasteiger partial charge in [0.2, 0.25) is 10.0 Å². The fourth-order valence-corrected chi connectivity index (χ4v) is 4.52. The summed E-state index contributed by atoms with van der Waals surface area (Å²) in [6, 6.07) is 9.55. The van der Waals surface area contributed by atoms with Gasteiger partial charge in [0.15, 0.2) is 11.5 Å². The number of carbonyl (C=O) groups is 1. The first-order valence-electron chi connectivity index (χ1n) is 9.46. The van der Waals surface area contributed by atoms with Crippen LogP contribution in [0.1, 0.15) is 17.4 Å². The van der Waals surface area contributed by atoms with E-state index in [1.165, 1.54) is 10.4 Å². The molecule has 0 saturated carbocycles. The molecule has 1 aliphatic heterocycles. The Bertz CT molecular complexity index is 954. The summed E-state index contributed by atoms with van der Waals surface area (Å²) in [7, 11) is 0.0524. The van der Waals surface area contributed by atoms with Crippen LogP contribution in [0, 0.1) is 0 Å². The van der Waals surface area contributed by atoms with E-state index in [1.807, 2.05) is 14.1 Å². The first kappa shape index (κ1) is 21.2. The fraction of sp³-hybridized carbons (Fsp3) is 0.421. The van der Waals surface area contributed by atoms with Gasteiger partial charge in [-0.05, 0) is 36.9 Å². The Hall–Kier alpha value is -2.56. The number of amides is 1. The number of likely N-dealkylation sites (N-methyl/N-ethyl adjacent to an activating group) is 1. The van der Waals surface area contributed by atoms with Crippen molar-refractivity contribution in [3.63, 3.8) is 0 Å². The summed E-state index contributed by atoms with van der Waals surface area (Å²) in [5, 5.41) is 10.6. The second kappa shape index (κ2) is 8.85. The lowest BCUT2D eigenvalue weighted by Gasteiger charge is -2.33. The third-order valence-electron chi connectivity index (χ3n) is 4.85. The molecule has 0 aliphatic carbocycles. The minimum absolute atomic E-state index is 0.152. The minimum atomic E-state index is -3.61. The zero-order valence-corrected chi connectivity index (χ0v) is 17.7. The van der Waals surface area contributed by atoms with Gasteiger partial charge in [-0.1, -0.05) is 13.0 Å². The van der Waals surface area contributed by atoms with Crippen molar-refractivity contribution in [2.75, 3.05) is 57.0 Å². The molecule has 1 fully saturated rings. The van der Waals surface area contributed by atoms with Crippen LogP contribution < -0.4 is 10.2 Å². The van der Waals surface area contributed by atoms with E-state index in [1.54, 1.807) is 35.2 Å². The standard InChI is InChI=1S/C19H26N6O3S/c1-4-24-10-12-25(13-11-24)29(27,28)16-7-5-6-15(14-16)20-19(26)17-8-9-18(22-21-17)23(2)3/h5-9,14H,4,10-13H2,1-3H3,(H,20,26). The summed E-state index contributed by atoms with van der Waals surface area (Å²) in [6.45, 7) is 5.32. The summed E-state index contributed by atoms with van der Waals surface area (Å²) in [4.78, 5) is 16.6. The smallest absolute Gasteiger partial charge is 0.276 e. The first-order chi connectivity index (χ1) is 13.8. The summed E-state index contributed by atoms with van der Waals surface area (Å²) >= 11 is 0. The van der Waals surface area contributed by atoms with Crippen LogP contribution in [0.3, 0.4) is 0 Å². The molecule has 2 heterocycles. The second-order valence-corrected chi connectivity index (χ2v) is 8.93. The van der Waals surface area contributed by atoms with Crippen LogP contribution >= 0.6 is 0 Å². The zero-order valence-electron chi connectivity index (χ0n) is 16.9. The minimum Gasteiger partial charge on any atom is -0.361 e. The van der Waals surface area contributed by atoms with E-state index in [2.05, 4.69) is 27.3 Å². The fourth-order valence-electron chi connectivity index (χ4n) is 3.05. The maximum Gasteiger partial charge on any atom is 0.276 e. The van der Waals surface area contributed by atoms with Crippen LogP contribution in [0.2, 0.25) is 0 Å².